The lowest BCUT2D eigenvalue weighted by atomic mass is 10.0. The number of benzene rings is 1. The van der Waals surface area contributed by atoms with Crippen LogP contribution in [0.1, 0.15) is 27.2 Å². The number of aryl methyl sites for hydroxylation is 2. The number of rotatable bonds is 2. The Hall–Kier alpha value is -2.10. The molecule has 0 aliphatic heterocycles. The third-order valence-electron chi connectivity index (χ3n) is 2.69. The molecule has 0 amide bonds. The summed E-state index contributed by atoms with van der Waals surface area (Å²) in [6.07, 6.45) is 1.36. The number of aromatic nitrogens is 1. The maximum Gasteiger partial charge on any atom is 0.197 e. The van der Waals surface area contributed by atoms with Gasteiger partial charge in [0.2, 0.25) is 0 Å². The van der Waals surface area contributed by atoms with E-state index in [4.69, 9.17) is 0 Å². The van der Waals surface area contributed by atoms with E-state index in [2.05, 4.69) is 4.98 Å². The van der Waals surface area contributed by atoms with Crippen molar-refractivity contribution in [1.29, 1.82) is 0 Å². The quantitative estimate of drug-likeness (QED) is 0.763. The van der Waals surface area contributed by atoms with Crippen molar-refractivity contribution in [1.82, 2.24) is 4.98 Å². The fourth-order valence-electron chi connectivity index (χ4n) is 1.58. The topological polar surface area (TPSA) is 30.0 Å². The normalized spacial score (nSPS) is 10.4. The van der Waals surface area contributed by atoms with Crippen molar-refractivity contribution >= 4 is 5.78 Å². The minimum atomic E-state index is -1.11. The van der Waals surface area contributed by atoms with Crippen LogP contribution in [0, 0.1) is 25.5 Å². The lowest BCUT2D eigenvalue weighted by Crippen LogP contribution is -2.07. The predicted molar refractivity (Wildman–Crippen MR) is 63.5 cm³/mol. The van der Waals surface area contributed by atoms with Gasteiger partial charge in [-0.1, -0.05) is 6.07 Å². The molecule has 0 atom stereocenters. The Morgan fingerprint density at radius 1 is 1.06 bits per heavy atom. The number of halogens is 2. The van der Waals surface area contributed by atoms with E-state index in [9.17, 15) is 13.6 Å². The van der Waals surface area contributed by atoms with E-state index in [-0.39, 0.29) is 16.7 Å². The van der Waals surface area contributed by atoms with Gasteiger partial charge >= 0.3 is 0 Å². The molecule has 0 saturated heterocycles. The van der Waals surface area contributed by atoms with Crippen LogP contribution in [0.4, 0.5) is 8.78 Å². The highest BCUT2D eigenvalue weighted by Gasteiger charge is 2.18. The van der Waals surface area contributed by atoms with Crippen molar-refractivity contribution in [3.63, 3.8) is 0 Å². The van der Waals surface area contributed by atoms with Crippen molar-refractivity contribution < 1.29 is 13.6 Å². The summed E-state index contributed by atoms with van der Waals surface area (Å²) in [5.41, 5.74) is 0.889. The second kappa shape index (κ2) is 4.64. The average Bonchev–Trinajstić information content (AvgIpc) is 2.36. The summed E-state index contributed by atoms with van der Waals surface area (Å²) in [4.78, 5) is 16.0. The van der Waals surface area contributed by atoms with Gasteiger partial charge in [-0.05, 0) is 37.6 Å². The van der Waals surface area contributed by atoms with Crippen LogP contribution in [-0.2, 0) is 0 Å². The highest BCUT2D eigenvalue weighted by atomic mass is 19.2. The first-order valence-electron chi connectivity index (χ1n) is 5.42. The Labute approximate surface area is 103 Å². The molecular weight excluding hydrogens is 236 g/mol. The van der Waals surface area contributed by atoms with E-state index >= 15 is 0 Å². The Morgan fingerprint density at radius 2 is 1.78 bits per heavy atom. The van der Waals surface area contributed by atoms with Gasteiger partial charge in [-0.15, -0.1) is 0 Å². The molecule has 0 spiro atoms. The van der Waals surface area contributed by atoms with E-state index < -0.39 is 17.4 Å². The fourth-order valence-corrected chi connectivity index (χ4v) is 1.58. The molecule has 4 heteroatoms. The largest absolute Gasteiger partial charge is 0.288 e. The molecule has 92 valence electrons. The van der Waals surface area contributed by atoms with E-state index in [1.807, 2.05) is 0 Å². The van der Waals surface area contributed by atoms with Crippen molar-refractivity contribution in [3.8, 4) is 0 Å². The molecule has 0 fully saturated rings. The minimum absolute atomic E-state index is 0.172. The van der Waals surface area contributed by atoms with Crippen molar-refractivity contribution in [2.24, 2.45) is 0 Å². The van der Waals surface area contributed by atoms with E-state index in [1.165, 1.54) is 25.3 Å². The van der Waals surface area contributed by atoms with Crippen molar-refractivity contribution in [2.75, 3.05) is 0 Å². The molecule has 1 aromatic carbocycles. The first kappa shape index (κ1) is 12.4. The van der Waals surface area contributed by atoms with Gasteiger partial charge in [0, 0.05) is 17.5 Å². The van der Waals surface area contributed by atoms with Gasteiger partial charge in [0.05, 0.1) is 5.56 Å². The molecule has 2 rings (SSSR count). The molecule has 2 aromatic rings. The van der Waals surface area contributed by atoms with Crippen LogP contribution in [-0.4, -0.2) is 10.8 Å². The lowest BCUT2D eigenvalue weighted by Gasteiger charge is -2.05. The second-order valence-electron chi connectivity index (χ2n) is 4.08. The summed E-state index contributed by atoms with van der Waals surface area (Å²) in [6.45, 7) is 3.22. The Morgan fingerprint density at radius 3 is 2.39 bits per heavy atom. The summed E-state index contributed by atoms with van der Waals surface area (Å²) in [7, 11) is 0. The number of nitrogens with zero attached hydrogens (tertiary/aromatic N) is 1. The molecule has 0 unspecified atom stereocenters. The molecule has 18 heavy (non-hydrogen) atoms. The maximum absolute atomic E-state index is 13.7. The Bertz CT molecular complexity index is 606. The van der Waals surface area contributed by atoms with Gasteiger partial charge in [0.25, 0.3) is 0 Å². The summed E-state index contributed by atoms with van der Waals surface area (Å²) in [5.74, 6) is -2.67. The van der Waals surface area contributed by atoms with Gasteiger partial charge in [-0.2, -0.15) is 0 Å². The fraction of sp³-hybridized carbons (Fsp3) is 0.143. The van der Waals surface area contributed by atoms with Gasteiger partial charge in [-0.25, -0.2) is 8.78 Å². The summed E-state index contributed by atoms with van der Waals surface area (Å²) in [6, 6.07) is 5.86. The Kier molecular flexibility index (Phi) is 3.19. The zero-order valence-electron chi connectivity index (χ0n) is 10.00. The first-order chi connectivity index (χ1) is 8.50. The number of hydrogen-bond acceptors (Lipinski definition) is 2. The van der Waals surface area contributed by atoms with Crippen LogP contribution in [0.2, 0.25) is 0 Å². The lowest BCUT2D eigenvalue weighted by molar-refractivity contribution is 0.103. The third-order valence-corrected chi connectivity index (χ3v) is 2.69. The Balaban J connectivity index is 2.46. The molecule has 1 aromatic heterocycles. The van der Waals surface area contributed by atoms with Crippen molar-refractivity contribution in [2.45, 2.75) is 13.8 Å². The van der Waals surface area contributed by atoms with Crippen LogP contribution in [0.15, 0.2) is 30.5 Å². The van der Waals surface area contributed by atoms with Crippen molar-refractivity contribution in [3.05, 3.63) is 64.5 Å². The number of carbonyl (C=O) groups is 1. The van der Waals surface area contributed by atoms with Gasteiger partial charge < -0.3 is 0 Å². The van der Waals surface area contributed by atoms with Crippen LogP contribution >= 0.6 is 0 Å². The van der Waals surface area contributed by atoms with E-state index in [1.54, 1.807) is 19.1 Å². The van der Waals surface area contributed by atoms with E-state index in [0.29, 0.717) is 0 Å². The third kappa shape index (κ3) is 2.14. The van der Waals surface area contributed by atoms with E-state index in [0.717, 1.165) is 5.69 Å². The van der Waals surface area contributed by atoms with Gasteiger partial charge in [0.15, 0.2) is 17.4 Å². The summed E-state index contributed by atoms with van der Waals surface area (Å²) < 4.78 is 27.1. The zero-order valence-corrected chi connectivity index (χ0v) is 10.00. The predicted octanol–water partition coefficient (Wildman–Crippen LogP) is 3.21. The van der Waals surface area contributed by atoms with Gasteiger partial charge in [-0.3, -0.25) is 9.78 Å². The van der Waals surface area contributed by atoms with Crippen LogP contribution in [0.25, 0.3) is 0 Å². The molecule has 0 bridgehead atoms. The van der Waals surface area contributed by atoms with Crippen LogP contribution in [0.3, 0.4) is 0 Å². The molecule has 0 aliphatic carbocycles. The number of ketones is 1. The number of hydrogen-bond donors (Lipinski definition) is 0. The number of carbonyl (C=O) groups excluding carboxylic acids is 1. The monoisotopic (exact) mass is 247 g/mol. The molecule has 2 nitrogen and oxygen atoms in total. The van der Waals surface area contributed by atoms with Crippen LogP contribution in [0.5, 0.6) is 0 Å². The smallest absolute Gasteiger partial charge is 0.197 e. The average molecular weight is 247 g/mol. The molecule has 0 radical (unpaired) electrons. The molecular formula is C14H11F2NO. The minimum Gasteiger partial charge on any atom is -0.288 e. The van der Waals surface area contributed by atoms with Crippen LogP contribution < -0.4 is 0 Å². The first-order valence-corrected chi connectivity index (χ1v) is 5.42. The second-order valence-corrected chi connectivity index (χ2v) is 4.08. The standard InChI is InChI=1S/C14H11F2NO/c1-8-3-6-11(13(16)12(8)15)14(18)10-5-4-9(2)17-7-10/h3-7H,1-2H3. The highest BCUT2D eigenvalue weighted by Crippen LogP contribution is 2.18. The summed E-state index contributed by atoms with van der Waals surface area (Å²) >= 11 is 0. The number of pyridine rings is 1. The highest BCUT2D eigenvalue weighted by molar-refractivity contribution is 6.09. The summed E-state index contributed by atoms with van der Waals surface area (Å²) in [5, 5.41) is 0. The molecule has 1 heterocycles. The molecule has 0 N–H and O–H groups in total. The van der Waals surface area contributed by atoms with Gasteiger partial charge in [0.1, 0.15) is 0 Å². The molecule has 0 aliphatic rings. The molecule has 0 saturated carbocycles. The SMILES string of the molecule is Cc1ccc(C(=O)c2ccc(C)c(F)c2F)cn1. The zero-order chi connectivity index (χ0) is 13.3. The maximum atomic E-state index is 13.7.